The largest absolute Gasteiger partial charge is 0.480 e. The van der Waals surface area contributed by atoms with Gasteiger partial charge in [-0.2, -0.15) is 0 Å². The van der Waals surface area contributed by atoms with Crippen LogP contribution in [-0.2, 0) is 14.8 Å². The number of sulfonamides is 1. The summed E-state index contributed by atoms with van der Waals surface area (Å²) >= 11 is 12.0. The number of hydrogen-bond acceptors (Lipinski definition) is 6. The highest BCUT2D eigenvalue weighted by atomic mass is 35.5. The van der Waals surface area contributed by atoms with Gasteiger partial charge in [-0.1, -0.05) is 23.2 Å². The number of carboxylic acid groups (broad SMARTS) is 1. The van der Waals surface area contributed by atoms with Crippen LogP contribution in [0.15, 0.2) is 65.7 Å². The van der Waals surface area contributed by atoms with Gasteiger partial charge in [0.25, 0.3) is 15.9 Å². The number of rotatable bonds is 7. The summed E-state index contributed by atoms with van der Waals surface area (Å²) in [5, 5.41) is 18.4. The summed E-state index contributed by atoms with van der Waals surface area (Å²) < 4.78 is 29.2. The molecule has 2 aromatic carbocycles. The van der Waals surface area contributed by atoms with Gasteiger partial charge in [0.15, 0.2) is 11.5 Å². The third kappa shape index (κ3) is 4.99. The second-order valence-electron chi connectivity index (χ2n) is 7.92. The van der Waals surface area contributed by atoms with E-state index < -0.39 is 22.5 Å². The molecule has 0 fully saturated rings. The van der Waals surface area contributed by atoms with Crippen LogP contribution in [0.2, 0.25) is 10.0 Å². The van der Waals surface area contributed by atoms with Crippen molar-refractivity contribution in [3.63, 3.8) is 0 Å². The Morgan fingerprint density at radius 3 is 2.25 bits per heavy atom. The third-order valence-corrected chi connectivity index (χ3v) is 7.38. The van der Waals surface area contributed by atoms with Crippen molar-refractivity contribution in [2.45, 2.75) is 4.90 Å². The van der Waals surface area contributed by atoms with E-state index in [1.54, 1.807) is 55.2 Å². The summed E-state index contributed by atoms with van der Waals surface area (Å²) in [6, 6.07) is 13.4. The van der Waals surface area contributed by atoms with Gasteiger partial charge in [0.2, 0.25) is 0 Å². The lowest BCUT2D eigenvalue weighted by atomic mass is 10.2. The van der Waals surface area contributed by atoms with Gasteiger partial charge in [0, 0.05) is 35.7 Å². The molecule has 0 radical (unpaired) electrons. The van der Waals surface area contributed by atoms with Crippen LogP contribution in [0.4, 0.5) is 5.69 Å². The normalized spacial score (nSPS) is 11.4. The second kappa shape index (κ2) is 9.76. The molecule has 0 saturated heterocycles. The molecule has 36 heavy (non-hydrogen) atoms. The van der Waals surface area contributed by atoms with Crippen LogP contribution in [0.1, 0.15) is 10.5 Å². The number of fused-ring (bicyclic) bond motifs is 1. The highest BCUT2D eigenvalue weighted by Crippen LogP contribution is 2.31. The van der Waals surface area contributed by atoms with E-state index >= 15 is 0 Å². The Morgan fingerprint density at radius 1 is 0.972 bits per heavy atom. The Labute approximate surface area is 216 Å². The molecule has 2 aromatic heterocycles. The molecule has 1 N–H and O–H groups in total. The van der Waals surface area contributed by atoms with E-state index in [4.69, 9.17) is 23.2 Å². The molecule has 0 atom stereocenters. The van der Waals surface area contributed by atoms with Gasteiger partial charge < -0.3 is 10.0 Å². The number of carboxylic acids is 1. The zero-order valence-corrected chi connectivity index (χ0v) is 21.3. The number of hydrogen-bond donors (Lipinski definition) is 1. The van der Waals surface area contributed by atoms with Crippen molar-refractivity contribution in [2.75, 3.05) is 24.9 Å². The number of halogens is 2. The van der Waals surface area contributed by atoms with E-state index in [0.29, 0.717) is 16.7 Å². The average Bonchev–Trinajstić information content (AvgIpc) is 3.24. The monoisotopic (exact) mass is 547 g/mol. The highest BCUT2D eigenvalue weighted by Gasteiger charge is 2.28. The Morgan fingerprint density at radius 2 is 1.67 bits per heavy atom. The molecule has 4 rings (SSSR count). The van der Waals surface area contributed by atoms with Crippen molar-refractivity contribution in [2.24, 2.45) is 0 Å². The number of amides is 1. The lowest BCUT2D eigenvalue weighted by Crippen LogP contribution is -2.35. The van der Waals surface area contributed by atoms with Gasteiger partial charge in [-0.3, -0.25) is 18.5 Å². The first-order chi connectivity index (χ1) is 17.0. The molecule has 2 heterocycles. The van der Waals surface area contributed by atoms with E-state index in [0.717, 1.165) is 4.31 Å². The molecule has 10 nitrogen and oxygen atoms in total. The zero-order chi connectivity index (χ0) is 26.2. The van der Waals surface area contributed by atoms with E-state index in [-0.39, 0.29) is 32.2 Å². The van der Waals surface area contributed by atoms with Crippen LogP contribution in [-0.4, -0.2) is 65.7 Å². The zero-order valence-electron chi connectivity index (χ0n) is 19.0. The lowest BCUT2D eigenvalue weighted by Gasteiger charge is -2.23. The third-order valence-electron chi connectivity index (χ3n) is 5.19. The molecule has 0 aliphatic rings. The fourth-order valence-corrected chi connectivity index (χ4v) is 5.66. The SMILES string of the molecule is CN(C)C(=O)c1ccc(-n2ccc3cc(N(CC(=O)O)S(=O)(=O)c4cc(Cl)cc(Cl)c4)ccc32)nn1. The number of aliphatic carboxylic acids is 1. The lowest BCUT2D eigenvalue weighted by molar-refractivity contribution is -0.135. The van der Waals surface area contributed by atoms with Crippen molar-refractivity contribution >= 4 is 61.7 Å². The minimum absolute atomic E-state index is 0.100. The number of anilines is 1. The Balaban J connectivity index is 1.74. The Bertz CT molecular complexity index is 1570. The van der Waals surface area contributed by atoms with Gasteiger partial charge >= 0.3 is 5.97 Å². The van der Waals surface area contributed by atoms with Crippen molar-refractivity contribution in [1.82, 2.24) is 19.7 Å². The molecule has 4 aromatic rings. The topological polar surface area (TPSA) is 126 Å². The summed E-state index contributed by atoms with van der Waals surface area (Å²) in [7, 11) is -1.08. The van der Waals surface area contributed by atoms with Gasteiger partial charge in [0.1, 0.15) is 6.54 Å². The quantitative estimate of drug-likeness (QED) is 0.373. The minimum atomic E-state index is -4.31. The van der Waals surface area contributed by atoms with Crippen molar-refractivity contribution in [3.8, 4) is 5.82 Å². The second-order valence-corrected chi connectivity index (χ2v) is 10.7. The predicted octanol–water partition coefficient (Wildman–Crippen LogP) is 3.71. The first-order valence-electron chi connectivity index (χ1n) is 10.3. The molecule has 13 heteroatoms. The van der Waals surface area contributed by atoms with Gasteiger partial charge in [-0.05, 0) is 54.6 Å². The Kier molecular flexibility index (Phi) is 6.90. The minimum Gasteiger partial charge on any atom is -0.480 e. The van der Waals surface area contributed by atoms with E-state index in [1.807, 2.05) is 0 Å². The maximum Gasteiger partial charge on any atom is 0.324 e. The van der Waals surface area contributed by atoms with E-state index in [9.17, 15) is 23.1 Å². The molecular formula is C23H19Cl2N5O5S. The summed E-state index contributed by atoms with van der Waals surface area (Å²) in [6.45, 7) is -0.814. The maximum atomic E-state index is 13.4. The summed E-state index contributed by atoms with van der Waals surface area (Å²) in [5.41, 5.74) is 0.994. The number of aromatic nitrogens is 3. The fourth-order valence-electron chi connectivity index (χ4n) is 3.52. The first-order valence-corrected chi connectivity index (χ1v) is 12.5. The van der Waals surface area contributed by atoms with Crippen LogP contribution >= 0.6 is 23.2 Å². The number of nitrogens with zero attached hydrogens (tertiary/aromatic N) is 5. The smallest absolute Gasteiger partial charge is 0.324 e. The number of carbonyl (C=O) groups excluding carboxylic acids is 1. The van der Waals surface area contributed by atoms with Crippen LogP contribution in [0.25, 0.3) is 16.7 Å². The predicted molar refractivity (Wildman–Crippen MR) is 136 cm³/mol. The Hall–Kier alpha value is -3.67. The molecule has 0 saturated carbocycles. The van der Waals surface area contributed by atoms with E-state index in [1.165, 1.54) is 29.2 Å². The molecule has 186 valence electrons. The van der Waals surface area contributed by atoms with Crippen LogP contribution in [0.5, 0.6) is 0 Å². The number of carbonyl (C=O) groups is 2. The van der Waals surface area contributed by atoms with Gasteiger partial charge in [-0.15, -0.1) is 10.2 Å². The molecule has 0 aliphatic heterocycles. The highest BCUT2D eigenvalue weighted by molar-refractivity contribution is 7.92. The van der Waals surface area contributed by atoms with E-state index in [2.05, 4.69) is 10.2 Å². The van der Waals surface area contributed by atoms with Crippen molar-refractivity contribution in [3.05, 3.63) is 76.5 Å². The molecule has 0 unspecified atom stereocenters. The van der Waals surface area contributed by atoms with Gasteiger partial charge in [-0.25, -0.2) is 8.42 Å². The number of benzene rings is 2. The van der Waals surface area contributed by atoms with Crippen LogP contribution in [0.3, 0.4) is 0 Å². The molecule has 0 spiro atoms. The maximum absolute atomic E-state index is 13.4. The van der Waals surface area contributed by atoms with Crippen LogP contribution < -0.4 is 4.31 Å². The molecular weight excluding hydrogens is 529 g/mol. The molecule has 1 amide bonds. The van der Waals surface area contributed by atoms with Crippen molar-refractivity contribution < 1.29 is 23.1 Å². The van der Waals surface area contributed by atoms with Crippen LogP contribution in [0, 0.1) is 0 Å². The van der Waals surface area contributed by atoms with Crippen molar-refractivity contribution in [1.29, 1.82) is 0 Å². The fraction of sp³-hybridized carbons (Fsp3) is 0.130. The first kappa shape index (κ1) is 25.4. The summed E-state index contributed by atoms with van der Waals surface area (Å²) in [4.78, 5) is 24.8. The molecule has 0 aliphatic carbocycles. The standard InChI is InChI=1S/C23H19Cl2N5O5S/c1-28(2)23(33)19-4-6-21(27-26-19)29-8-7-14-9-17(3-5-20(14)29)30(13-22(31)32)36(34,35)18-11-15(24)10-16(25)12-18/h3-12H,13H2,1-2H3,(H,31,32). The molecule has 0 bridgehead atoms. The summed E-state index contributed by atoms with van der Waals surface area (Å²) in [5.74, 6) is -1.18. The average molecular weight is 548 g/mol. The van der Waals surface area contributed by atoms with Gasteiger partial charge in [0.05, 0.1) is 16.1 Å². The summed E-state index contributed by atoms with van der Waals surface area (Å²) in [6.07, 6.45) is 1.71.